The minimum Gasteiger partial charge on any atom is -0.0651 e. The molecule has 3 atom stereocenters. The molecular formula is C22H46. The summed E-state index contributed by atoms with van der Waals surface area (Å²) < 4.78 is 0. The van der Waals surface area contributed by atoms with Crippen LogP contribution in [0.4, 0.5) is 0 Å². The van der Waals surface area contributed by atoms with Gasteiger partial charge in [0.1, 0.15) is 0 Å². The van der Waals surface area contributed by atoms with Gasteiger partial charge in [-0.25, -0.2) is 0 Å². The third-order valence-electron chi connectivity index (χ3n) is 5.52. The number of hydrogen-bond acceptors (Lipinski definition) is 0. The van der Waals surface area contributed by atoms with Gasteiger partial charge in [-0.05, 0) is 29.6 Å². The van der Waals surface area contributed by atoms with Crippen LogP contribution in [0.5, 0.6) is 0 Å². The molecule has 0 aliphatic rings. The maximum Gasteiger partial charge on any atom is -0.0383 e. The van der Waals surface area contributed by atoms with Crippen LogP contribution in [0, 0.1) is 23.2 Å². The van der Waals surface area contributed by atoms with E-state index in [1.54, 1.807) is 0 Å². The summed E-state index contributed by atoms with van der Waals surface area (Å²) in [4.78, 5) is 0. The molecule has 0 aromatic heterocycles. The lowest BCUT2D eigenvalue weighted by atomic mass is 9.86. The second-order valence-corrected chi connectivity index (χ2v) is 9.21. The van der Waals surface area contributed by atoms with E-state index in [2.05, 4.69) is 48.5 Å². The summed E-state index contributed by atoms with van der Waals surface area (Å²) in [6.45, 7) is 16.7. The first kappa shape index (κ1) is 22.0. The molecule has 0 N–H and O–H groups in total. The van der Waals surface area contributed by atoms with Crippen molar-refractivity contribution in [1.29, 1.82) is 0 Å². The highest BCUT2D eigenvalue weighted by Crippen LogP contribution is 2.26. The minimum absolute atomic E-state index is 0.517. The molecule has 0 radical (unpaired) electrons. The Morgan fingerprint density at radius 3 is 1.59 bits per heavy atom. The third-order valence-corrected chi connectivity index (χ3v) is 5.52. The van der Waals surface area contributed by atoms with Crippen LogP contribution in [-0.2, 0) is 0 Å². The van der Waals surface area contributed by atoms with Crippen molar-refractivity contribution in [3.8, 4) is 0 Å². The van der Waals surface area contributed by atoms with Gasteiger partial charge in [0.25, 0.3) is 0 Å². The van der Waals surface area contributed by atoms with Crippen LogP contribution < -0.4 is 0 Å². The van der Waals surface area contributed by atoms with Gasteiger partial charge in [-0.15, -0.1) is 0 Å². The SMILES string of the molecule is CCC(C)CCCC(CC)CCCC(C)CCCC(C)(C)C. The molecule has 0 aliphatic heterocycles. The summed E-state index contributed by atoms with van der Waals surface area (Å²) in [5.41, 5.74) is 0.517. The molecule has 0 aliphatic carbocycles. The summed E-state index contributed by atoms with van der Waals surface area (Å²) in [5.74, 6) is 2.85. The fraction of sp³-hybridized carbons (Fsp3) is 1.00. The van der Waals surface area contributed by atoms with Crippen LogP contribution in [0.2, 0.25) is 0 Å². The standard InChI is InChI=1S/C22H46/c1-8-19(3)13-10-16-21(9-2)17-11-14-20(4)15-12-18-22(5,6)7/h19-21H,8-18H2,1-7H3. The molecule has 134 valence electrons. The van der Waals surface area contributed by atoms with Gasteiger partial charge in [0.2, 0.25) is 0 Å². The summed E-state index contributed by atoms with van der Waals surface area (Å²) >= 11 is 0. The van der Waals surface area contributed by atoms with Gasteiger partial charge >= 0.3 is 0 Å². The Kier molecular flexibility index (Phi) is 12.4. The molecule has 0 aromatic rings. The summed E-state index contributed by atoms with van der Waals surface area (Å²) in [6.07, 6.45) is 15.7. The van der Waals surface area contributed by atoms with E-state index in [0.29, 0.717) is 5.41 Å². The van der Waals surface area contributed by atoms with E-state index in [1.165, 1.54) is 70.6 Å². The molecule has 0 nitrogen and oxygen atoms in total. The van der Waals surface area contributed by atoms with Gasteiger partial charge in [0, 0.05) is 0 Å². The van der Waals surface area contributed by atoms with Gasteiger partial charge in [-0.2, -0.15) is 0 Å². The van der Waals surface area contributed by atoms with Crippen LogP contribution in [0.1, 0.15) is 119 Å². The van der Waals surface area contributed by atoms with Crippen molar-refractivity contribution < 1.29 is 0 Å². The van der Waals surface area contributed by atoms with Gasteiger partial charge in [0.15, 0.2) is 0 Å². The van der Waals surface area contributed by atoms with Crippen molar-refractivity contribution in [3.63, 3.8) is 0 Å². The minimum atomic E-state index is 0.517. The maximum atomic E-state index is 2.46. The number of hydrogen-bond donors (Lipinski definition) is 0. The average molecular weight is 311 g/mol. The molecule has 3 unspecified atom stereocenters. The second-order valence-electron chi connectivity index (χ2n) is 9.21. The van der Waals surface area contributed by atoms with E-state index >= 15 is 0 Å². The van der Waals surface area contributed by atoms with E-state index in [1.807, 2.05) is 0 Å². The first-order chi connectivity index (χ1) is 10.3. The van der Waals surface area contributed by atoms with Crippen molar-refractivity contribution in [3.05, 3.63) is 0 Å². The molecule has 0 heterocycles. The summed E-state index contributed by atoms with van der Waals surface area (Å²) in [5, 5.41) is 0. The monoisotopic (exact) mass is 310 g/mol. The molecular weight excluding hydrogens is 264 g/mol. The Morgan fingerprint density at radius 2 is 1.14 bits per heavy atom. The molecule has 0 saturated heterocycles. The molecule has 0 spiro atoms. The molecule has 0 saturated carbocycles. The molecule has 22 heavy (non-hydrogen) atoms. The van der Waals surface area contributed by atoms with Crippen molar-refractivity contribution in [2.45, 2.75) is 119 Å². The highest BCUT2D eigenvalue weighted by Gasteiger charge is 2.12. The zero-order chi connectivity index (χ0) is 17.0. The Balaban J connectivity index is 3.67. The van der Waals surface area contributed by atoms with Crippen molar-refractivity contribution in [2.75, 3.05) is 0 Å². The van der Waals surface area contributed by atoms with E-state index in [9.17, 15) is 0 Å². The fourth-order valence-corrected chi connectivity index (χ4v) is 3.39. The normalized spacial score (nSPS) is 16.5. The highest BCUT2D eigenvalue weighted by molar-refractivity contribution is 4.65. The molecule has 0 fully saturated rings. The van der Waals surface area contributed by atoms with Crippen LogP contribution in [0.3, 0.4) is 0 Å². The van der Waals surface area contributed by atoms with Crippen LogP contribution in [-0.4, -0.2) is 0 Å². The Labute approximate surface area is 142 Å². The van der Waals surface area contributed by atoms with E-state index in [4.69, 9.17) is 0 Å². The first-order valence-electron chi connectivity index (χ1n) is 10.3. The lowest BCUT2D eigenvalue weighted by Crippen LogP contribution is -2.06. The Hall–Kier alpha value is 0. The van der Waals surface area contributed by atoms with Gasteiger partial charge in [-0.1, -0.05) is 113 Å². The predicted molar refractivity (Wildman–Crippen MR) is 103 cm³/mol. The van der Waals surface area contributed by atoms with Crippen molar-refractivity contribution in [2.24, 2.45) is 23.2 Å². The first-order valence-corrected chi connectivity index (χ1v) is 10.3. The Morgan fingerprint density at radius 1 is 0.636 bits per heavy atom. The smallest absolute Gasteiger partial charge is 0.0383 e. The van der Waals surface area contributed by atoms with Gasteiger partial charge in [-0.3, -0.25) is 0 Å². The quantitative estimate of drug-likeness (QED) is 0.321. The van der Waals surface area contributed by atoms with Crippen molar-refractivity contribution in [1.82, 2.24) is 0 Å². The predicted octanol–water partition coefficient (Wildman–Crippen LogP) is 8.25. The van der Waals surface area contributed by atoms with E-state index < -0.39 is 0 Å². The second kappa shape index (κ2) is 12.4. The zero-order valence-electron chi connectivity index (χ0n) is 17.0. The lowest BCUT2D eigenvalue weighted by molar-refractivity contribution is 0.326. The van der Waals surface area contributed by atoms with Gasteiger partial charge < -0.3 is 0 Å². The highest BCUT2D eigenvalue weighted by atomic mass is 14.2. The maximum absolute atomic E-state index is 2.46. The molecule has 0 aromatic carbocycles. The topological polar surface area (TPSA) is 0 Å². The van der Waals surface area contributed by atoms with E-state index in [-0.39, 0.29) is 0 Å². The molecule has 0 bridgehead atoms. The average Bonchev–Trinajstić information content (AvgIpc) is 2.43. The molecule has 0 heteroatoms. The van der Waals surface area contributed by atoms with E-state index in [0.717, 1.165) is 17.8 Å². The van der Waals surface area contributed by atoms with Crippen LogP contribution in [0.15, 0.2) is 0 Å². The molecule has 0 amide bonds. The zero-order valence-corrected chi connectivity index (χ0v) is 17.0. The Bertz CT molecular complexity index is 235. The third kappa shape index (κ3) is 13.6. The summed E-state index contributed by atoms with van der Waals surface area (Å²) in [6, 6.07) is 0. The lowest BCUT2D eigenvalue weighted by Gasteiger charge is -2.20. The van der Waals surface area contributed by atoms with Crippen molar-refractivity contribution >= 4 is 0 Å². The van der Waals surface area contributed by atoms with Crippen LogP contribution >= 0.6 is 0 Å². The number of rotatable bonds is 13. The largest absolute Gasteiger partial charge is 0.0651 e. The van der Waals surface area contributed by atoms with Crippen LogP contribution in [0.25, 0.3) is 0 Å². The van der Waals surface area contributed by atoms with Gasteiger partial charge in [0.05, 0.1) is 0 Å². The fourth-order valence-electron chi connectivity index (χ4n) is 3.39. The molecule has 0 rings (SSSR count). The summed E-state index contributed by atoms with van der Waals surface area (Å²) in [7, 11) is 0.